The van der Waals surface area contributed by atoms with Gasteiger partial charge in [-0.1, -0.05) is 0 Å². The van der Waals surface area contributed by atoms with E-state index in [2.05, 4.69) is 15.5 Å². The third-order valence-corrected chi connectivity index (χ3v) is 3.90. The molecule has 1 aromatic heterocycles. The summed E-state index contributed by atoms with van der Waals surface area (Å²) in [4.78, 5) is 15.4. The number of nitrogens with zero attached hydrogens (tertiary/aromatic N) is 1. The Morgan fingerprint density at radius 2 is 1.69 bits per heavy atom. The van der Waals surface area contributed by atoms with Crippen LogP contribution in [0.3, 0.4) is 0 Å². The lowest BCUT2D eigenvalue weighted by Gasteiger charge is -2.05. The predicted octanol–water partition coefficient (Wildman–Crippen LogP) is 2.96. The average Bonchev–Trinajstić information content (AvgIpc) is 3.13. The Morgan fingerprint density at radius 1 is 1.00 bits per heavy atom. The number of carbonyl (C=O) groups is 1. The Morgan fingerprint density at radius 3 is 2.35 bits per heavy atom. The fourth-order valence-corrected chi connectivity index (χ4v) is 2.55. The van der Waals surface area contributed by atoms with Crippen LogP contribution in [0.5, 0.6) is 17.2 Å². The molecule has 1 amide bonds. The molecule has 3 aromatic rings. The van der Waals surface area contributed by atoms with E-state index in [0.717, 1.165) is 16.7 Å². The number of rotatable bonds is 6. The summed E-state index contributed by atoms with van der Waals surface area (Å²) < 4.78 is 15.7. The number of ether oxygens (including phenoxy) is 3. The molecule has 0 aliphatic heterocycles. The van der Waals surface area contributed by atoms with Gasteiger partial charge in [0.15, 0.2) is 0 Å². The molecule has 0 radical (unpaired) electrons. The summed E-state index contributed by atoms with van der Waals surface area (Å²) >= 11 is 0. The number of aromatic amines is 1. The Kier molecular flexibility index (Phi) is 5.07. The molecule has 0 fully saturated rings. The van der Waals surface area contributed by atoms with Gasteiger partial charge in [0.05, 0.1) is 33.1 Å². The molecular formula is C19H19N3O4. The first-order valence-corrected chi connectivity index (χ1v) is 7.87. The van der Waals surface area contributed by atoms with Crippen molar-refractivity contribution in [2.45, 2.75) is 0 Å². The summed E-state index contributed by atoms with van der Waals surface area (Å²) in [5, 5.41) is 4.74. The zero-order chi connectivity index (χ0) is 18.5. The van der Waals surface area contributed by atoms with Gasteiger partial charge in [0.25, 0.3) is 5.91 Å². The van der Waals surface area contributed by atoms with Crippen molar-refractivity contribution >= 4 is 23.0 Å². The lowest BCUT2D eigenvalue weighted by atomic mass is 10.2. The van der Waals surface area contributed by atoms with Crippen LogP contribution >= 0.6 is 0 Å². The number of methoxy groups -OCH3 is 3. The van der Waals surface area contributed by atoms with Crippen LogP contribution in [-0.4, -0.2) is 38.4 Å². The van der Waals surface area contributed by atoms with Crippen LogP contribution in [0.2, 0.25) is 0 Å². The Bertz CT molecular complexity index is 904. The maximum absolute atomic E-state index is 12.3. The zero-order valence-corrected chi connectivity index (χ0v) is 14.7. The van der Waals surface area contributed by atoms with E-state index in [1.165, 1.54) is 0 Å². The number of hydrogen-bond donors (Lipinski definition) is 2. The number of nitrogens with one attached hydrogen (secondary N) is 2. The summed E-state index contributed by atoms with van der Waals surface area (Å²) in [5.41, 5.74) is 4.38. The van der Waals surface area contributed by atoms with Gasteiger partial charge in [-0.05, 0) is 48.0 Å². The predicted molar refractivity (Wildman–Crippen MR) is 99.5 cm³/mol. The summed E-state index contributed by atoms with van der Waals surface area (Å²) in [6.07, 6.45) is 1.56. The summed E-state index contributed by atoms with van der Waals surface area (Å²) in [6.45, 7) is 0. The first-order chi connectivity index (χ1) is 12.7. The third kappa shape index (κ3) is 3.46. The number of hydrogen-bond acceptors (Lipinski definition) is 5. The van der Waals surface area contributed by atoms with Crippen molar-refractivity contribution in [1.82, 2.24) is 10.4 Å². The number of amides is 1. The molecule has 0 spiro atoms. The standard InChI is InChI=1S/C19H19N3O4/c1-24-13-6-4-12(5-7-13)11-20-22-19(23)15-10-14-16(25-2)8-9-17(26-3)18(14)21-15/h4-11,21H,1-3H3,(H,22,23). The third-order valence-electron chi connectivity index (χ3n) is 3.90. The molecular weight excluding hydrogens is 334 g/mol. The monoisotopic (exact) mass is 353 g/mol. The second-order valence-corrected chi connectivity index (χ2v) is 5.41. The van der Waals surface area contributed by atoms with Crippen LogP contribution in [0, 0.1) is 0 Å². The highest BCUT2D eigenvalue weighted by Crippen LogP contribution is 2.33. The van der Waals surface area contributed by atoms with Gasteiger partial charge in [-0.15, -0.1) is 0 Å². The number of aromatic nitrogens is 1. The van der Waals surface area contributed by atoms with Gasteiger partial charge in [0, 0.05) is 5.39 Å². The number of benzene rings is 2. The minimum atomic E-state index is -0.366. The van der Waals surface area contributed by atoms with E-state index < -0.39 is 0 Å². The molecule has 0 unspecified atom stereocenters. The molecule has 0 saturated heterocycles. The molecule has 0 saturated carbocycles. The number of fused-ring (bicyclic) bond motifs is 1. The normalized spacial score (nSPS) is 10.9. The molecule has 7 heteroatoms. The van der Waals surface area contributed by atoms with Crippen LogP contribution in [0.25, 0.3) is 10.9 Å². The molecule has 0 bridgehead atoms. The second-order valence-electron chi connectivity index (χ2n) is 5.41. The van der Waals surface area contributed by atoms with Crippen LogP contribution in [0.15, 0.2) is 47.6 Å². The zero-order valence-electron chi connectivity index (χ0n) is 14.7. The molecule has 1 heterocycles. The molecule has 0 atom stereocenters. The lowest BCUT2D eigenvalue weighted by molar-refractivity contribution is 0.0951. The average molecular weight is 353 g/mol. The largest absolute Gasteiger partial charge is 0.497 e. The smallest absolute Gasteiger partial charge is 0.287 e. The Hall–Kier alpha value is -3.48. The van der Waals surface area contributed by atoms with Crippen molar-refractivity contribution in [2.24, 2.45) is 5.10 Å². The molecule has 26 heavy (non-hydrogen) atoms. The van der Waals surface area contributed by atoms with Gasteiger partial charge in [-0.3, -0.25) is 4.79 Å². The minimum Gasteiger partial charge on any atom is -0.497 e. The highest BCUT2D eigenvalue weighted by molar-refractivity contribution is 6.01. The molecule has 0 aliphatic carbocycles. The molecule has 0 aliphatic rings. The fraction of sp³-hybridized carbons (Fsp3) is 0.158. The van der Waals surface area contributed by atoms with Crippen molar-refractivity contribution in [3.8, 4) is 17.2 Å². The summed E-state index contributed by atoms with van der Waals surface area (Å²) in [7, 11) is 4.75. The first-order valence-electron chi connectivity index (χ1n) is 7.87. The van der Waals surface area contributed by atoms with Gasteiger partial charge in [0.1, 0.15) is 22.9 Å². The Labute approximate surface area is 150 Å². The van der Waals surface area contributed by atoms with Gasteiger partial charge >= 0.3 is 0 Å². The number of carbonyl (C=O) groups excluding carboxylic acids is 1. The molecule has 3 rings (SSSR count). The lowest BCUT2D eigenvalue weighted by Crippen LogP contribution is -2.17. The number of H-pyrrole nitrogens is 1. The molecule has 134 valence electrons. The highest BCUT2D eigenvalue weighted by Gasteiger charge is 2.15. The van der Waals surface area contributed by atoms with E-state index in [9.17, 15) is 4.79 Å². The van der Waals surface area contributed by atoms with Crippen molar-refractivity contribution in [2.75, 3.05) is 21.3 Å². The van der Waals surface area contributed by atoms with Crippen LogP contribution in [0.4, 0.5) is 0 Å². The van der Waals surface area contributed by atoms with Crippen LogP contribution < -0.4 is 19.6 Å². The topological polar surface area (TPSA) is 84.9 Å². The molecule has 7 nitrogen and oxygen atoms in total. The van der Waals surface area contributed by atoms with E-state index in [0.29, 0.717) is 22.7 Å². The van der Waals surface area contributed by atoms with Crippen molar-refractivity contribution in [3.63, 3.8) is 0 Å². The summed E-state index contributed by atoms with van der Waals surface area (Å²) in [6, 6.07) is 12.6. The second kappa shape index (κ2) is 7.60. The fourth-order valence-electron chi connectivity index (χ4n) is 2.55. The van der Waals surface area contributed by atoms with Gasteiger partial charge < -0.3 is 19.2 Å². The van der Waals surface area contributed by atoms with E-state index in [4.69, 9.17) is 14.2 Å². The molecule has 2 N–H and O–H groups in total. The van der Waals surface area contributed by atoms with Crippen molar-refractivity contribution in [1.29, 1.82) is 0 Å². The van der Waals surface area contributed by atoms with Crippen molar-refractivity contribution < 1.29 is 19.0 Å². The highest BCUT2D eigenvalue weighted by atomic mass is 16.5. The maximum Gasteiger partial charge on any atom is 0.287 e. The van der Waals surface area contributed by atoms with E-state index in [1.54, 1.807) is 45.7 Å². The first kappa shape index (κ1) is 17.3. The van der Waals surface area contributed by atoms with Gasteiger partial charge in [-0.2, -0.15) is 5.10 Å². The molecule has 2 aromatic carbocycles. The summed E-state index contributed by atoms with van der Waals surface area (Å²) in [5.74, 6) is 1.67. The maximum atomic E-state index is 12.3. The Balaban J connectivity index is 1.78. The van der Waals surface area contributed by atoms with Gasteiger partial charge in [0.2, 0.25) is 0 Å². The van der Waals surface area contributed by atoms with Crippen LogP contribution in [0.1, 0.15) is 16.1 Å². The number of hydrazone groups is 1. The van der Waals surface area contributed by atoms with Gasteiger partial charge in [-0.25, -0.2) is 5.43 Å². The van der Waals surface area contributed by atoms with Crippen LogP contribution in [-0.2, 0) is 0 Å². The van der Waals surface area contributed by atoms with E-state index >= 15 is 0 Å². The van der Waals surface area contributed by atoms with E-state index in [1.807, 2.05) is 24.3 Å². The SMILES string of the molecule is COc1ccc(C=NNC(=O)c2cc3c(OC)ccc(OC)c3[nH]2)cc1. The van der Waals surface area contributed by atoms with Crippen molar-refractivity contribution in [3.05, 3.63) is 53.7 Å². The minimum absolute atomic E-state index is 0.356. The van der Waals surface area contributed by atoms with E-state index in [-0.39, 0.29) is 5.91 Å². The quantitative estimate of drug-likeness (QED) is 0.527.